The van der Waals surface area contributed by atoms with Crippen molar-refractivity contribution in [1.82, 2.24) is 9.79 Å². The Morgan fingerprint density at radius 3 is 2.20 bits per heavy atom. The monoisotopic (exact) mass is 580 g/mol. The first kappa shape index (κ1) is 29.2. The molecule has 40 heavy (non-hydrogen) atoms. The molecule has 0 atom stereocenters. The first-order valence-corrected chi connectivity index (χ1v) is 13.6. The largest absolute Gasteiger partial charge is 0.493 e. The molecule has 2 N–H and O–H groups in total. The van der Waals surface area contributed by atoms with Crippen LogP contribution in [0.3, 0.4) is 0 Å². The van der Waals surface area contributed by atoms with Crippen LogP contribution in [0.1, 0.15) is 28.8 Å². The van der Waals surface area contributed by atoms with Crippen molar-refractivity contribution in [3.63, 3.8) is 0 Å². The predicted octanol–water partition coefficient (Wildman–Crippen LogP) is 4.74. The summed E-state index contributed by atoms with van der Waals surface area (Å²) in [7, 11) is -1.61. The number of nitrogens with zero attached hydrogens (tertiary/aromatic N) is 1. The Hall–Kier alpha value is -3.81. The van der Waals surface area contributed by atoms with Crippen LogP contribution in [-0.4, -0.2) is 57.3 Å². The van der Waals surface area contributed by atoms with E-state index in [1.165, 1.54) is 54.3 Å². The van der Waals surface area contributed by atoms with E-state index in [0.29, 0.717) is 24.2 Å². The lowest BCUT2D eigenvalue weighted by Gasteiger charge is -2.32. The van der Waals surface area contributed by atoms with Gasteiger partial charge in [-0.2, -0.15) is 17.5 Å². The summed E-state index contributed by atoms with van der Waals surface area (Å²) < 4.78 is 84.6. The van der Waals surface area contributed by atoms with Crippen LogP contribution < -0.4 is 19.7 Å². The molecule has 1 fully saturated rings. The molecule has 3 aromatic rings. The second-order valence-electron chi connectivity index (χ2n) is 8.90. The fourth-order valence-electron chi connectivity index (χ4n) is 4.61. The van der Waals surface area contributed by atoms with Gasteiger partial charge in [-0.25, -0.2) is 13.9 Å². The Balaban J connectivity index is 1.47. The van der Waals surface area contributed by atoms with E-state index in [0.717, 1.165) is 6.07 Å². The van der Waals surface area contributed by atoms with Crippen LogP contribution in [0.4, 0.5) is 13.2 Å². The molecule has 3 aromatic carbocycles. The number of amides is 1. The van der Waals surface area contributed by atoms with E-state index in [1.54, 1.807) is 24.3 Å². The number of hydrogen-bond acceptors (Lipinski definition) is 7. The van der Waals surface area contributed by atoms with Gasteiger partial charge in [-0.05, 0) is 54.3 Å². The second-order valence-corrected chi connectivity index (χ2v) is 10.8. The Labute approximate surface area is 229 Å². The van der Waals surface area contributed by atoms with E-state index in [2.05, 4.69) is 0 Å². The third-order valence-corrected chi connectivity index (χ3v) is 8.50. The number of carbonyl (C=O) groups excluding carboxylic acids is 1. The van der Waals surface area contributed by atoms with Gasteiger partial charge in [-0.3, -0.25) is 10.0 Å². The third-order valence-electron chi connectivity index (χ3n) is 6.56. The number of benzene rings is 3. The van der Waals surface area contributed by atoms with Crippen LogP contribution in [0, 0.1) is 0 Å². The molecule has 1 aliphatic rings. The van der Waals surface area contributed by atoms with Crippen molar-refractivity contribution in [1.29, 1.82) is 0 Å². The summed E-state index contributed by atoms with van der Waals surface area (Å²) in [5.41, 5.74) is 0.772. The van der Waals surface area contributed by atoms with Gasteiger partial charge < -0.3 is 14.2 Å². The minimum absolute atomic E-state index is 0.0597. The number of methoxy groups -OCH3 is 2. The first-order valence-electron chi connectivity index (χ1n) is 12.1. The molecule has 0 aromatic heterocycles. The standard InChI is InChI=1S/C27H27F3N2O7S/c1-37-22-11-12-23(24(25(22)38-2)26(33)31-34)40(35,36)32-15-13-19(14-16-32)39-18-9-7-17(8-10-18)20-5-3-4-6-21(20)27(28,29)30/h3-12,19,34H,13-16H2,1-2H3,(H,31,33). The fraction of sp³-hybridized carbons (Fsp3) is 0.296. The molecule has 1 aliphatic heterocycles. The molecule has 9 nitrogen and oxygen atoms in total. The quantitative estimate of drug-likeness (QED) is 0.292. The zero-order valence-electron chi connectivity index (χ0n) is 21.6. The number of nitrogens with one attached hydrogen (secondary N) is 1. The highest BCUT2D eigenvalue weighted by atomic mass is 32.2. The van der Waals surface area contributed by atoms with Gasteiger partial charge in [0.2, 0.25) is 10.0 Å². The molecule has 0 unspecified atom stereocenters. The Morgan fingerprint density at radius 2 is 1.62 bits per heavy atom. The van der Waals surface area contributed by atoms with E-state index in [1.807, 2.05) is 0 Å². The van der Waals surface area contributed by atoms with Gasteiger partial charge in [0.25, 0.3) is 5.91 Å². The van der Waals surface area contributed by atoms with Gasteiger partial charge in [-0.15, -0.1) is 0 Å². The summed E-state index contributed by atoms with van der Waals surface area (Å²) in [6, 6.07) is 14.1. The van der Waals surface area contributed by atoms with Crippen LogP contribution in [-0.2, 0) is 16.2 Å². The van der Waals surface area contributed by atoms with Crippen molar-refractivity contribution in [2.24, 2.45) is 0 Å². The Bertz CT molecular complexity index is 1470. The maximum Gasteiger partial charge on any atom is 0.417 e. The molecule has 1 heterocycles. The molecule has 13 heteroatoms. The Morgan fingerprint density at radius 1 is 0.975 bits per heavy atom. The van der Waals surface area contributed by atoms with Crippen LogP contribution in [0.5, 0.6) is 17.2 Å². The molecule has 0 bridgehead atoms. The number of rotatable bonds is 8. The third kappa shape index (κ3) is 5.86. The number of carbonyl (C=O) groups is 1. The van der Waals surface area contributed by atoms with Gasteiger partial charge in [0.1, 0.15) is 17.4 Å². The van der Waals surface area contributed by atoms with Gasteiger partial charge in [-0.1, -0.05) is 30.3 Å². The average Bonchev–Trinajstić information content (AvgIpc) is 2.96. The van der Waals surface area contributed by atoms with E-state index in [-0.39, 0.29) is 41.2 Å². The van der Waals surface area contributed by atoms with Gasteiger partial charge in [0, 0.05) is 13.1 Å². The highest BCUT2D eigenvalue weighted by Gasteiger charge is 2.36. The minimum Gasteiger partial charge on any atom is -0.493 e. The number of alkyl halides is 3. The zero-order valence-corrected chi connectivity index (χ0v) is 22.4. The molecule has 0 aliphatic carbocycles. The summed E-state index contributed by atoms with van der Waals surface area (Å²) in [6.45, 7) is 0.164. The smallest absolute Gasteiger partial charge is 0.417 e. The van der Waals surface area contributed by atoms with E-state index in [9.17, 15) is 31.6 Å². The lowest BCUT2D eigenvalue weighted by atomic mass is 9.99. The van der Waals surface area contributed by atoms with Crippen molar-refractivity contribution >= 4 is 15.9 Å². The van der Waals surface area contributed by atoms with Crippen molar-refractivity contribution in [2.45, 2.75) is 30.0 Å². The highest BCUT2D eigenvalue weighted by Crippen LogP contribution is 2.39. The average molecular weight is 581 g/mol. The first-order chi connectivity index (χ1) is 19.0. The molecule has 4 rings (SSSR count). The number of hydrogen-bond donors (Lipinski definition) is 2. The molecule has 1 amide bonds. The van der Waals surface area contributed by atoms with Gasteiger partial charge in [0.05, 0.1) is 24.7 Å². The highest BCUT2D eigenvalue weighted by molar-refractivity contribution is 7.89. The lowest BCUT2D eigenvalue weighted by molar-refractivity contribution is -0.137. The fourth-order valence-corrected chi connectivity index (χ4v) is 6.26. The number of hydroxylamine groups is 1. The summed E-state index contributed by atoms with van der Waals surface area (Å²) in [4.78, 5) is 12.0. The van der Waals surface area contributed by atoms with Crippen LogP contribution in [0.15, 0.2) is 65.6 Å². The number of halogens is 3. The minimum atomic E-state index is -4.49. The van der Waals surface area contributed by atoms with Crippen LogP contribution in [0.25, 0.3) is 11.1 Å². The zero-order chi connectivity index (χ0) is 29.1. The summed E-state index contributed by atoms with van der Waals surface area (Å²) in [6.07, 6.45) is -4.18. The normalized spacial score (nSPS) is 14.9. The van der Waals surface area contributed by atoms with Crippen molar-refractivity contribution < 1.29 is 45.8 Å². The van der Waals surface area contributed by atoms with Crippen molar-refractivity contribution in [3.05, 3.63) is 71.8 Å². The molecule has 0 radical (unpaired) electrons. The summed E-state index contributed by atoms with van der Waals surface area (Å²) in [5, 5.41) is 9.21. The van der Waals surface area contributed by atoms with Crippen molar-refractivity contribution in [2.75, 3.05) is 27.3 Å². The summed E-state index contributed by atoms with van der Waals surface area (Å²) in [5.74, 6) is -0.667. The van der Waals surface area contributed by atoms with Crippen molar-refractivity contribution in [3.8, 4) is 28.4 Å². The lowest BCUT2D eigenvalue weighted by Crippen LogP contribution is -2.42. The molecular weight excluding hydrogens is 553 g/mol. The van der Waals surface area contributed by atoms with Crippen LogP contribution in [0.2, 0.25) is 0 Å². The van der Waals surface area contributed by atoms with Gasteiger partial charge in [0.15, 0.2) is 11.5 Å². The molecular formula is C27H27F3N2O7S. The SMILES string of the molecule is COc1ccc(S(=O)(=O)N2CCC(Oc3ccc(-c4ccccc4C(F)(F)F)cc3)CC2)c(C(=O)NO)c1OC. The van der Waals surface area contributed by atoms with E-state index >= 15 is 0 Å². The molecule has 0 saturated carbocycles. The Kier molecular flexibility index (Phi) is 8.57. The number of ether oxygens (including phenoxy) is 3. The maximum atomic E-state index is 13.5. The topological polar surface area (TPSA) is 114 Å². The maximum absolute atomic E-state index is 13.5. The number of sulfonamides is 1. The van der Waals surface area contributed by atoms with Gasteiger partial charge >= 0.3 is 6.18 Å². The predicted molar refractivity (Wildman–Crippen MR) is 138 cm³/mol. The van der Waals surface area contributed by atoms with Crippen LogP contribution >= 0.6 is 0 Å². The molecule has 1 saturated heterocycles. The van der Waals surface area contributed by atoms with E-state index < -0.39 is 33.2 Å². The van der Waals surface area contributed by atoms with E-state index in [4.69, 9.17) is 14.2 Å². The summed E-state index contributed by atoms with van der Waals surface area (Å²) >= 11 is 0. The molecule has 0 spiro atoms. The number of piperidine rings is 1. The molecule has 214 valence electrons. The second kappa shape index (κ2) is 11.7.